The Labute approximate surface area is 56.2 Å². The fourth-order valence-electron chi connectivity index (χ4n) is 0.845. The van der Waals surface area contributed by atoms with Gasteiger partial charge in [-0.05, 0) is 18.4 Å². The third-order valence-corrected chi connectivity index (χ3v) is 1.50. The van der Waals surface area contributed by atoms with Crippen molar-refractivity contribution in [2.24, 2.45) is 11.8 Å². The number of aliphatic carboxylic acids is 1. The second kappa shape index (κ2) is 2.36. The molecule has 1 aliphatic rings. The molecule has 1 saturated carbocycles. The van der Waals surface area contributed by atoms with Crippen molar-refractivity contribution in [2.75, 3.05) is 0 Å². The Balaban J connectivity index is 2.40. The normalized spacial score (nSPS) is 29.4. The second-order valence-electron chi connectivity index (χ2n) is 2.30. The van der Waals surface area contributed by atoms with Gasteiger partial charge in [0.15, 0.2) is 0 Å². The highest BCUT2D eigenvalue weighted by atomic mass is 19.3. The summed E-state index contributed by atoms with van der Waals surface area (Å²) in [6.07, 6.45) is -0.723. The van der Waals surface area contributed by atoms with Crippen molar-refractivity contribution in [3.05, 3.63) is 12.2 Å². The first-order valence-electron chi connectivity index (χ1n) is 2.87. The standard InChI is InChI=1S/C6H6F2O2/c7-5(8)2-3-1-4(3)6(9)10/h2-4H,1H2,(H,9,10). The molecule has 1 aliphatic carbocycles. The van der Waals surface area contributed by atoms with E-state index < -0.39 is 23.9 Å². The lowest BCUT2D eigenvalue weighted by molar-refractivity contribution is -0.138. The van der Waals surface area contributed by atoms with E-state index in [0.717, 1.165) is 0 Å². The van der Waals surface area contributed by atoms with Crippen LogP contribution in [0, 0.1) is 11.8 Å². The molecule has 4 heteroatoms. The average molecular weight is 148 g/mol. The van der Waals surface area contributed by atoms with Crippen LogP contribution in [0.1, 0.15) is 6.42 Å². The smallest absolute Gasteiger partial charge is 0.307 e. The van der Waals surface area contributed by atoms with Gasteiger partial charge < -0.3 is 5.11 Å². The minimum Gasteiger partial charge on any atom is -0.481 e. The van der Waals surface area contributed by atoms with E-state index in [9.17, 15) is 13.6 Å². The molecule has 0 amide bonds. The van der Waals surface area contributed by atoms with E-state index in [-0.39, 0.29) is 0 Å². The minimum atomic E-state index is -1.78. The molecule has 10 heavy (non-hydrogen) atoms. The average Bonchev–Trinajstić information content (AvgIpc) is 2.43. The third kappa shape index (κ3) is 1.52. The first kappa shape index (κ1) is 7.18. The van der Waals surface area contributed by atoms with E-state index in [1.54, 1.807) is 0 Å². The highest BCUT2D eigenvalue weighted by Crippen LogP contribution is 2.40. The van der Waals surface area contributed by atoms with E-state index >= 15 is 0 Å². The molecule has 0 aliphatic heterocycles. The van der Waals surface area contributed by atoms with E-state index in [1.165, 1.54) is 0 Å². The van der Waals surface area contributed by atoms with Gasteiger partial charge in [0.1, 0.15) is 0 Å². The zero-order valence-electron chi connectivity index (χ0n) is 5.05. The van der Waals surface area contributed by atoms with Gasteiger partial charge in [-0.3, -0.25) is 4.79 Å². The predicted octanol–water partition coefficient (Wildman–Crippen LogP) is 1.49. The highest BCUT2D eigenvalue weighted by molar-refractivity contribution is 5.73. The molecule has 0 heterocycles. The Morgan fingerprint density at radius 3 is 2.50 bits per heavy atom. The zero-order chi connectivity index (χ0) is 7.72. The van der Waals surface area contributed by atoms with Crippen molar-refractivity contribution in [1.82, 2.24) is 0 Å². The van der Waals surface area contributed by atoms with Crippen LogP contribution >= 0.6 is 0 Å². The Hall–Kier alpha value is -0.930. The summed E-state index contributed by atoms with van der Waals surface area (Å²) in [4.78, 5) is 10.1. The van der Waals surface area contributed by atoms with Gasteiger partial charge in [-0.25, -0.2) is 0 Å². The Bertz CT molecular complexity index is 184. The third-order valence-electron chi connectivity index (χ3n) is 1.50. The van der Waals surface area contributed by atoms with Gasteiger partial charge in [-0.15, -0.1) is 0 Å². The van der Waals surface area contributed by atoms with Gasteiger partial charge >= 0.3 is 5.97 Å². The molecule has 0 bridgehead atoms. The number of rotatable bonds is 2. The molecular weight excluding hydrogens is 142 g/mol. The molecule has 0 aromatic rings. The van der Waals surface area contributed by atoms with E-state index in [0.29, 0.717) is 12.5 Å². The first-order valence-corrected chi connectivity index (χ1v) is 2.87. The molecule has 0 saturated heterocycles. The lowest BCUT2D eigenvalue weighted by atomic mass is 10.3. The molecule has 1 rings (SSSR count). The number of carboxylic acid groups (broad SMARTS) is 1. The molecule has 1 fully saturated rings. The van der Waals surface area contributed by atoms with Crippen LogP contribution in [0.25, 0.3) is 0 Å². The van der Waals surface area contributed by atoms with Gasteiger partial charge in [0.05, 0.1) is 5.92 Å². The van der Waals surface area contributed by atoms with E-state index in [2.05, 4.69) is 0 Å². The van der Waals surface area contributed by atoms with Crippen molar-refractivity contribution < 1.29 is 18.7 Å². The summed E-state index contributed by atoms with van der Waals surface area (Å²) in [7, 11) is 0. The van der Waals surface area contributed by atoms with Gasteiger partial charge in [0.2, 0.25) is 0 Å². The van der Waals surface area contributed by atoms with E-state index in [4.69, 9.17) is 5.11 Å². The lowest BCUT2D eigenvalue weighted by Gasteiger charge is -1.83. The lowest BCUT2D eigenvalue weighted by Crippen LogP contribution is -1.97. The minimum absolute atomic E-state index is 0.354. The van der Waals surface area contributed by atoms with Crippen LogP contribution in [0.4, 0.5) is 8.78 Å². The van der Waals surface area contributed by atoms with Crippen LogP contribution in [-0.2, 0) is 4.79 Å². The second-order valence-corrected chi connectivity index (χ2v) is 2.30. The molecule has 2 unspecified atom stereocenters. The van der Waals surface area contributed by atoms with Crippen LogP contribution in [0.2, 0.25) is 0 Å². The van der Waals surface area contributed by atoms with Gasteiger partial charge in [0, 0.05) is 0 Å². The molecule has 56 valence electrons. The van der Waals surface area contributed by atoms with E-state index in [1.807, 2.05) is 0 Å². The van der Waals surface area contributed by atoms with Crippen molar-refractivity contribution >= 4 is 5.97 Å². The number of hydrogen-bond acceptors (Lipinski definition) is 1. The number of allylic oxidation sites excluding steroid dienone is 1. The number of hydrogen-bond donors (Lipinski definition) is 1. The largest absolute Gasteiger partial charge is 0.481 e. The molecule has 1 N–H and O–H groups in total. The number of carbonyl (C=O) groups is 1. The Morgan fingerprint density at radius 1 is 1.60 bits per heavy atom. The Kier molecular flexibility index (Phi) is 1.70. The van der Waals surface area contributed by atoms with Crippen LogP contribution < -0.4 is 0 Å². The predicted molar refractivity (Wildman–Crippen MR) is 29.5 cm³/mol. The molecule has 0 aromatic heterocycles. The molecule has 0 spiro atoms. The topological polar surface area (TPSA) is 37.3 Å². The Morgan fingerprint density at radius 2 is 2.20 bits per heavy atom. The quantitative estimate of drug-likeness (QED) is 0.644. The van der Waals surface area contributed by atoms with Crippen LogP contribution in [0.5, 0.6) is 0 Å². The van der Waals surface area contributed by atoms with Crippen LogP contribution in [0.3, 0.4) is 0 Å². The van der Waals surface area contributed by atoms with Crippen molar-refractivity contribution in [3.63, 3.8) is 0 Å². The fraction of sp³-hybridized carbons (Fsp3) is 0.500. The van der Waals surface area contributed by atoms with Crippen molar-refractivity contribution in [1.29, 1.82) is 0 Å². The highest BCUT2D eigenvalue weighted by Gasteiger charge is 2.42. The van der Waals surface area contributed by atoms with Crippen molar-refractivity contribution in [2.45, 2.75) is 6.42 Å². The summed E-state index contributed by atoms with van der Waals surface area (Å²) in [6.45, 7) is 0. The summed E-state index contributed by atoms with van der Waals surface area (Å²) in [5.74, 6) is -1.98. The molecular formula is C6H6F2O2. The van der Waals surface area contributed by atoms with Crippen molar-refractivity contribution in [3.8, 4) is 0 Å². The number of halogens is 2. The molecule has 2 atom stereocenters. The van der Waals surface area contributed by atoms with Gasteiger partial charge in [-0.1, -0.05) is 0 Å². The summed E-state index contributed by atoms with van der Waals surface area (Å²) >= 11 is 0. The molecule has 2 nitrogen and oxygen atoms in total. The number of carboxylic acids is 1. The van der Waals surface area contributed by atoms with Gasteiger partial charge in [-0.2, -0.15) is 8.78 Å². The summed E-state index contributed by atoms with van der Waals surface area (Å²) in [6, 6.07) is 0. The summed E-state index contributed by atoms with van der Waals surface area (Å²) in [5, 5.41) is 8.26. The maximum Gasteiger partial charge on any atom is 0.307 e. The molecule has 0 aromatic carbocycles. The summed E-state index contributed by atoms with van der Waals surface area (Å²) < 4.78 is 22.9. The monoisotopic (exact) mass is 148 g/mol. The maximum atomic E-state index is 11.4. The SMILES string of the molecule is O=C(O)C1CC1C=C(F)F. The fourth-order valence-corrected chi connectivity index (χ4v) is 0.845. The summed E-state index contributed by atoms with van der Waals surface area (Å²) in [5.41, 5.74) is 0. The first-order chi connectivity index (χ1) is 4.61. The van der Waals surface area contributed by atoms with Crippen LogP contribution in [-0.4, -0.2) is 11.1 Å². The maximum absolute atomic E-state index is 11.4. The zero-order valence-corrected chi connectivity index (χ0v) is 5.05. The molecule has 0 radical (unpaired) electrons. The van der Waals surface area contributed by atoms with Crippen LogP contribution in [0.15, 0.2) is 12.2 Å². The van der Waals surface area contributed by atoms with Gasteiger partial charge in [0.25, 0.3) is 6.08 Å².